The number of carbonyl (C=O) groups excluding carboxylic acids is 1. The number of rotatable bonds is 11. The number of amides is 1. The van der Waals surface area contributed by atoms with E-state index in [0.717, 1.165) is 4.31 Å². The predicted molar refractivity (Wildman–Crippen MR) is 132 cm³/mol. The van der Waals surface area contributed by atoms with Crippen molar-refractivity contribution in [3.8, 4) is 23.0 Å². The first kappa shape index (κ1) is 25.7. The van der Waals surface area contributed by atoms with Crippen LogP contribution in [0.4, 0.5) is 5.69 Å². The van der Waals surface area contributed by atoms with E-state index in [4.69, 9.17) is 18.9 Å². The average molecular weight is 501 g/mol. The van der Waals surface area contributed by atoms with Crippen molar-refractivity contribution in [2.45, 2.75) is 11.4 Å². The number of nitrogens with zero attached hydrogens (tertiary/aromatic N) is 1. The fraction of sp³-hybridized carbons (Fsp3) is 0.240. The van der Waals surface area contributed by atoms with Gasteiger partial charge in [-0.3, -0.25) is 9.10 Å². The Morgan fingerprint density at radius 3 is 2.17 bits per heavy atom. The molecule has 1 amide bonds. The van der Waals surface area contributed by atoms with Gasteiger partial charge in [0.15, 0.2) is 11.5 Å². The molecule has 0 atom stereocenters. The molecular formula is C25H28N2O7S. The maximum absolute atomic E-state index is 13.5. The molecule has 0 saturated heterocycles. The molecule has 3 rings (SSSR count). The van der Waals surface area contributed by atoms with Crippen LogP contribution in [0, 0.1) is 0 Å². The molecule has 10 heteroatoms. The number of carbonyl (C=O) groups is 1. The summed E-state index contributed by atoms with van der Waals surface area (Å²) >= 11 is 0. The number of hydrogen-bond donors (Lipinski definition) is 1. The summed E-state index contributed by atoms with van der Waals surface area (Å²) in [5, 5.41) is 2.76. The smallest absolute Gasteiger partial charge is 0.264 e. The highest BCUT2D eigenvalue weighted by molar-refractivity contribution is 7.92. The number of benzene rings is 3. The highest BCUT2D eigenvalue weighted by Crippen LogP contribution is 2.39. The quantitative estimate of drug-likeness (QED) is 0.431. The zero-order chi connectivity index (χ0) is 25.4. The highest BCUT2D eigenvalue weighted by Gasteiger charge is 2.27. The lowest BCUT2D eigenvalue weighted by atomic mass is 10.1. The van der Waals surface area contributed by atoms with Crippen LogP contribution in [0.15, 0.2) is 71.6 Å². The van der Waals surface area contributed by atoms with Crippen LogP contribution in [0.2, 0.25) is 0 Å². The number of anilines is 1. The van der Waals surface area contributed by atoms with Crippen molar-refractivity contribution < 1.29 is 32.2 Å². The second-order valence-electron chi connectivity index (χ2n) is 7.30. The van der Waals surface area contributed by atoms with Gasteiger partial charge in [-0.15, -0.1) is 0 Å². The van der Waals surface area contributed by atoms with Gasteiger partial charge in [0.2, 0.25) is 11.7 Å². The molecule has 0 spiro atoms. The Balaban J connectivity index is 1.88. The topological polar surface area (TPSA) is 103 Å². The summed E-state index contributed by atoms with van der Waals surface area (Å²) in [6, 6.07) is 17.9. The highest BCUT2D eigenvalue weighted by atomic mass is 32.2. The third kappa shape index (κ3) is 5.78. The third-order valence-electron chi connectivity index (χ3n) is 5.22. The molecular weight excluding hydrogens is 472 g/mol. The molecule has 35 heavy (non-hydrogen) atoms. The molecule has 3 aromatic carbocycles. The molecule has 0 fully saturated rings. The average Bonchev–Trinajstić information content (AvgIpc) is 2.90. The number of hydrogen-bond acceptors (Lipinski definition) is 7. The van der Waals surface area contributed by atoms with Crippen LogP contribution in [0.3, 0.4) is 0 Å². The normalized spacial score (nSPS) is 10.9. The first-order chi connectivity index (χ1) is 16.8. The number of methoxy groups -OCH3 is 4. The van der Waals surface area contributed by atoms with Crippen LogP contribution in [0.1, 0.15) is 5.56 Å². The van der Waals surface area contributed by atoms with Crippen LogP contribution in [0.25, 0.3) is 0 Å². The first-order valence-electron chi connectivity index (χ1n) is 10.6. The molecule has 0 aliphatic carbocycles. The van der Waals surface area contributed by atoms with Gasteiger partial charge in [0.1, 0.15) is 12.3 Å². The van der Waals surface area contributed by atoms with Gasteiger partial charge in [-0.25, -0.2) is 8.42 Å². The fourth-order valence-corrected chi connectivity index (χ4v) is 4.92. The van der Waals surface area contributed by atoms with Crippen molar-refractivity contribution in [3.05, 3.63) is 72.3 Å². The van der Waals surface area contributed by atoms with Crippen molar-refractivity contribution in [2.24, 2.45) is 0 Å². The summed E-state index contributed by atoms with van der Waals surface area (Å²) in [4.78, 5) is 13.0. The lowest BCUT2D eigenvalue weighted by Gasteiger charge is -2.24. The van der Waals surface area contributed by atoms with Gasteiger partial charge in [0, 0.05) is 18.2 Å². The van der Waals surface area contributed by atoms with Crippen molar-refractivity contribution in [1.29, 1.82) is 0 Å². The fourth-order valence-electron chi connectivity index (χ4n) is 3.48. The van der Waals surface area contributed by atoms with Gasteiger partial charge in [0.05, 0.1) is 39.0 Å². The minimum atomic E-state index is -4.03. The minimum absolute atomic E-state index is 0.0668. The molecule has 1 N–H and O–H groups in total. The predicted octanol–water partition coefficient (Wildman–Crippen LogP) is 3.23. The Labute approximate surface area is 205 Å². The Hall–Kier alpha value is -3.92. The van der Waals surface area contributed by atoms with Gasteiger partial charge in [-0.2, -0.15) is 0 Å². The van der Waals surface area contributed by atoms with Gasteiger partial charge >= 0.3 is 0 Å². The zero-order valence-corrected chi connectivity index (χ0v) is 20.8. The summed E-state index contributed by atoms with van der Waals surface area (Å²) in [5.41, 5.74) is 0.935. The lowest BCUT2D eigenvalue weighted by Crippen LogP contribution is -2.40. The first-order valence-corrected chi connectivity index (χ1v) is 12.1. The maximum Gasteiger partial charge on any atom is 0.264 e. The lowest BCUT2D eigenvalue weighted by molar-refractivity contribution is -0.119. The largest absolute Gasteiger partial charge is 0.497 e. The summed E-state index contributed by atoms with van der Waals surface area (Å²) in [6.45, 7) is -0.361. The second-order valence-corrected chi connectivity index (χ2v) is 9.16. The molecule has 0 heterocycles. The van der Waals surface area contributed by atoms with Crippen LogP contribution in [0.5, 0.6) is 23.0 Å². The summed E-state index contributed by atoms with van der Waals surface area (Å²) in [7, 11) is 1.94. The van der Waals surface area contributed by atoms with Crippen LogP contribution in [-0.4, -0.2) is 49.3 Å². The molecule has 0 aliphatic rings. The molecule has 0 aliphatic heterocycles. The van der Waals surface area contributed by atoms with E-state index >= 15 is 0 Å². The maximum atomic E-state index is 13.5. The standard InChI is InChI=1S/C25H28N2O7S/c1-31-20-10-8-9-19(15-20)27(35(29,30)21-11-6-5-7-12-21)17-23(28)26-16-18-13-14-22(32-2)25(34-4)24(18)33-3/h5-15H,16-17H2,1-4H3,(H,26,28). The van der Waals surface area contributed by atoms with E-state index in [2.05, 4.69) is 5.32 Å². The molecule has 0 unspecified atom stereocenters. The summed E-state index contributed by atoms with van der Waals surface area (Å²) in [6.07, 6.45) is 0. The van der Waals surface area contributed by atoms with E-state index in [0.29, 0.717) is 34.2 Å². The number of nitrogens with one attached hydrogen (secondary N) is 1. The number of sulfonamides is 1. The van der Waals surface area contributed by atoms with Gasteiger partial charge < -0.3 is 24.3 Å². The molecule has 9 nitrogen and oxygen atoms in total. The molecule has 186 valence electrons. The SMILES string of the molecule is COc1cccc(N(CC(=O)NCc2ccc(OC)c(OC)c2OC)S(=O)(=O)c2ccccc2)c1. The van der Waals surface area contributed by atoms with E-state index in [-0.39, 0.29) is 11.4 Å². The molecule has 0 saturated carbocycles. The molecule has 0 aromatic heterocycles. The monoisotopic (exact) mass is 500 g/mol. The Morgan fingerprint density at radius 1 is 0.829 bits per heavy atom. The van der Waals surface area contributed by atoms with Gasteiger partial charge in [-0.05, 0) is 36.4 Å². The number of ether oxygens (including phenoxy) is 4. The Bertz CT molecular complexity index is 1260. The summed E-state index contributed by atoms with van der Waals surface area (Å²) in [5.74, 6) is 1.24. The third-order valence-corrected chi connectivity index (χ3v) is 7.01. The Morgan fingerprint density at radius 2 is 1.54 bits per heavy atom. The second kappa shape index (κ2) is 11.5. The van der Waals surface area contributed by atoms with E-state index in [1.807, 2.05) is 0 Å². The Kier molecular flexibility index (Phi) is 8.43. The van der Waals surface area contributed by atoms with Gasteiger partial charge in [0.25, 0.3) is 10.0 Å². The van der Waals surface area contributed by atoms with Crippen LogP contribution in [-0.2, 0) is 21.4 Å². The summed E-state index contributed by atoms with van der Waals surface area (Å²) < 4.78 is 49.3. The van der Waals surface area contributed by atoms with Gasteiger partial charge in [-0.1, -0.05) is 24.3 Å². The molecule has 0 bridgehead atoms. The van der Waals surface area contributed by atoms with E-state index in [1.165, 1.54) is 40.6 Å². The van der Waals surface area contributed by atoms with E-state index in [1.54, 1.807) is 54.6 Å². The van der Waals surface area contributed by atoms with Crippen molar-refractivity contribution >= 4 is 21.6 Å². The molecule has 3 aromatic rings. The van der Waals surface area contributed by atoms with Crippen LogP contribution >= 0.6 is 0 Å². The zero-order valence-electron chi connectivity index (χ0n) is 20.0. The van der Waals surface area contributed by atoms with Crippen molar-refractivity contribution in [2.75, 3.05) is 39.3 Å². The minimum Gasteiger partial charge on any atom is -0.497 e. The van der Waals surface area contributed by atoms with E-state index in [9.17, 15) is 13.2 Å². The van der Waals surface area contributed by atoms with Crippen molar-refractivity contribution in [3.63, 3.8) is 0 Å². The molecule has 0 radical (unpaired) electrons. The van der Waals surface area contributed by atoms with Crippen LogP contribution < -0.4 is 28.6 Å². The van der Waals surface area contributed by atoms with E-state index < -0.39 is 22.5 Å². The van der Waals surface area contributed by atoms with Crippen molar-refractivity contribution in [1.82, 2.24) is 5.32 Å².